The summed E-state index contributed by atoms with van der Waals surface area (Å²) in [5.74, 6) is 1.57. The summed E-state index contributed by atoms with van der Waals surface area (Å²) in [5.41, 5.74) is 2.78. The molecule has 2 saturated carbocycles. The van der Waals surface area contributed by atoms with Gasteiger partial charge in [0.15, 0.2) is 0 Å². The Morgan fingerprint density at radius 1 is 1.19 bits per heavy atom. The molecule has 0 radical (unpaired) electrons. The van der Waals surface area contributed by atoms with Crippen LogP contribution in [0.25, 0.3) is 6.08 Å². The molecule has 0 aliphatic heterocycles. The van der Waals surface area contributed by atoms with Gasteiger partial charge in [0, 0.05) is 12.1 Å². The molecule has 27 heavy (non-hydrogen) atoms. The molecule has 2 atom stereocenters. The average Bonchev–Trinajstić information content (AvgIpc) is 3.45. The smallest absolute Gasteiger partial charge is 0.0683 e. The van der Waals surface area contributed by atoms with Crippen LogP contribution in [0.4, 0.5) is 0 Å². The van der Waals surface area contributed by atoms with E-state index in [-0.39, 0.29) is 5.41 Å². The zero-order chi connectivity index (χ0) is 19.3. The van der Waals surface area contributed by atoms with Crippen LogP contribution in [-0.4, -0.2) is 12.1 Å². The molecule has 0 heterocycles. The van der Waals surface area contributed by atoms with Crippen LogP contribution in [0.2, 0.25) is 0 Å². The van der Waals surface area contributed by atoms with Crippen molar-refractivity contribution in [1.82, 2.24) is 5.32 Å². The molecule has 2 nitrogen and oxygen atoms in total. The minimum absolute atomic E-state index is 0.155. The molecule has 2 aliphatic rings. The molecule has 0 saturated heterocycles. The van der Waals surface area contributed by atoms with Crippen molar-refractivity contribution < 1.29 is 0 Å². The molecule has 0 amide bonds. The summed E-state index contributed by atoms with van der Waals surface area (Å²) in [5, 5.41) is 13.1. The van der Waals surface area contributed by atoms with E-state index in [9.17, 15) is 5.26 Å². The summed E-state index contributed by atoms with van der Waals surface area (Å²) in [7, 11) is 0. The van der Waals surface area contributed by atoms with E-state index in [1.165, 1.54) is 44.1 Å². The SMILES string of the molecule is CC/C(=C\c1ccccc1)[C@@H]1C[C@H]1NC1CCC(CCC(C)(C)C#N)CC1. The largest absolute Gasteiger partial charge is 0.311 e. The lowest BCUT2D eigenvalue weighted by atomic mass is 9.79. The minimum Gasteiger partial charge on any atom is -0.311 e. The van der Waals surface area contributed by atoms with E-state index >= 15 is 0 Å². The Bertz CT molecular complexity index is 659. The number of nitrogens with zero attached hydrogens (tertiary/aromatic N) is 1. The molecule has 2 fully saturated rings. The summed E-state index contributed by atoms with van der Waals surface area (Å²) < 4.78 is 0. The monoisotopic (exact) mass is 364 g/mol. The molecular weight excluding hydrogens is 328 g/mol. The number of rotatable bonds is 8. The lowest BCUT2D eigenvalue weighted by molar-refractivity contribution is 0.255. The number of nitriles is 1. The van der Waals surface area contributed by atoms with Crippen LogP contribution in [0.1, 0.15) is 77.7 Å². The fraction of sp³-hybridized carbons (Fsp3) is 0.640. The molecule has 0 spiro atoms. The fourth-order valence-corrected chi connectivity index (χ4v) is 4.57. The van der Waals surface area contributed by atoms with Crippen molar-refractivity contribution in [2.24, 2.45) is 17.3 Å². The van der Waals surface area contributed by atoms with Crippen LogP contribution in [0.5, 0.6) is 0 Å². The van der Waals surface area contributed by atoms with Crippen LogP contribution >= 0.6 is 0 Å². The number of nitrogens with one attached hydrogen (secondary N) is 1. The maximum Gasteiger partial charge on any atom is 0.0683 e. The van der Waals surface area contributed by atoms with Crippen molar-refractivity contribution >= 4 is 6.08 Å². The van der Waals surface area contributed by atoms with Gasteiger partial charge >= 0.3 is 0 Å². The van der Waals surface area contributed by atoms with Gasteiger partial charge < -0.3 is 5.32 Å². The Labute approximate surface area is 166 Å². The molecule has 0 bridgehead atoms. The first-order valence-electron chi connectivity index (χ1n) is 10.9. The highest BCUT2D eigenvalue weighted by molar-refractivity contribution is 5.54. The van der Waals surface area contributed by atoms with Crippen molar-refractivity contribution in [2.75, 3.05) is 0 Å². The lowest BCUT2D eigenvalue weighted by Gasteiger charge is -2.30. The molecule has 3 rings (SSSR count). The van der Waals surface area contributed by atoms with Crippen LogP contribution in [0, 0.1) is 28.6 Å². The maximum absolute atomic E-state index is 9.19. The fourth-order valence-electron chi connectivity index (χ4n) is 4.57. The lowest BCUT2D eigenvalue weighted by Crippen LogP contribution is -2.35. The van der Waals surface area contributed by atoms with Gasteiger partial charge in [-0.1, -0.05) is 48.9 Å². The van der Waals surface area contributed by atoms with Gasteiger partial charge in [0.2, 0.25) is 0 Å². The van der Waals surface area contributed by atoms with Gasteiger partial charge in [0.25, 0.3) is 0 Å². The average molecular weight is 365 g/mol. The van der Waals surface area contributed by atoms with Gasteiger partial charge in [0.1, 0.15) is 0 Å². The molecular formula is C25H36N2. The first-order chi connectivity index (χ1) is 13.0. The normalized spacial score (nSPS) is 28.6. The van der Waals surface area contributed by atoms with Crippen molar-refractivity contribution in [1.29, 1.82) is 5.26 Å². The highest BCUT2D eigenvalue weighted by Gasteiger charge is 2.40. The Balaban J connectivity index is 1.42. The third kappa shape index (κ3) is 5.94. The van der Waals surface area contributed by atoms with Crippen molar-refractivity contribution in [3.63, 3.8) is 0 Å². The Morgan fingerprint density at radius 2 is 1.89 bits per heavy atom. The van der Waals surface area contributed by atoms with E-state index in [0.29, 0.717) is 12.1 Å². The zero-order valence-electron chi connectivity index (χ0n) is 17.4. The molecule has 0 unspecified atom stereocenters. The first kappa shape index (κ1) is 20.2. The van der Waals surface area contributed by atoms with E-state index in [0.717, 1.165) is 24.7 Å². The van der Waals surface area contributed by atoms with Crippen LogP contribution in [-0.2, 0) is 0 Å². The summed E-state index contributed by atoms with van der Waals surface area (Å²) in [6, 6.07) is 14.6. The Kier molecular flexibility index (Phi) is 6.77. The van der Waals surface area contributed by atoms with Gasteiger partial charge in [-0.05, 0) is 82.6 Å². The first-order valence-corrected chi connectivity index (χ1v) is 10.9. The summed E-state index contributed by atoms with van der Waals surface area (Å²) in [6.45, 7) is 6.43. The highest BCUT2D eigenvalue weighted by atomic mass is 15.0. The molecule has 0 aromatic heterocycles. The third-order valence-corrected chi connectivity index (χ3v) is 6.60. The second-order valence-electron chi connectivity index (χ2n) is 9.35. The van der Waals surface area contributed by atoms with Crippen LogP contribution in [0.3, 0.4) is 0 Å². The number of hydrogen-bond acceptors (Lipinski definition) is 2. The Morgan fingerprint density at radius 3 is 2.52 bits per heavy atom. The molecule has 1 aromatic carbocycles. The highest BCUT2D eigenvalue weighted by Crippen LogP contribution is 2.41. The summed E-state index contributed by atoms with van der Waals surface area (Å²) in [4.78, 5) is 0. The quantitative estimate of drug-likeness (QED) is 0.583. The van der Waals surface area contributed by atoms with Gasteiger partial charge in [-0.15, -0.1) is 0 Å². The molecule has 1 aromatic rings. The van der Waals surface area contributed by atoms with E-state index in [2.05, 4.69) is 68.6 Å². The zero-order valence-corrected chi connectivity index (χ0v) is 17.4. The second kappa shape index (κ2) is 9.07. The van der Waals surface area contributed by atoms with E-state index in [1.54, 1.807) is 5.57 Å². The molecule has 2 heteroatoms. The summed E-state index contributed by atoms with van der Waals surface area (Å²) >= 11 is 0. The van der Waals surface area contributed by atoms with E-state index in [1.807, 2.05) is 0 Å². The molecule has 1 N–H and O–H groups in total. The Hall–Kier alpha value is -1.59. The van der Waals surface area contributed by atoms with E-state index < -0.39 is 0 Å². The minimum atomic E-state index is -0.155. The standard InChI is InChI=1S/C25H36N2/c1-4-21(16-20-8-6-5-7-9-20)23-17-24(23)27-22-12-10-19(11-13-22)14-15-25(2,3)18-26/h5-9,16,19,22-24,27H,4,10-15,17H2,1-3H3/b21-16+/t19?,22?,23-,24+/m0/s1. The van der Waals surface area contributed by atoms with Gasteiger partial charge in [0.05, 0.1) is 11.5 Å². The van der Waals surface area contributed by atoms with Crippen molar-refractivity contribution in [2.45, 2.75) is 84.2 Å². The maximum atomic E-state index is 9.19. The van der Waals surface area contributed by atoms with Crippen molar-refractivity contribution in [3.8, 4) is 6.07 Å². The number of hydrogen-bond donors (Lipinski definition) is 1. The van der Waals surface area contributed by atoms with Crippen molar-refractivity contribution in [3.05, 3.63) is 41.5 Å². The van der Waals surface area contributed by atoms with E-state index in [4.69, 9.17) is 0 Å². The number of benzene rings is 1. The molecule has 146 valence electrons. The predicted octanol–water partition coefficient (Wildman–Crippen LogP) is 6.35. The van der Waals surface area contributed by atoms with Gasteiger partial charge in [-0.25, -0.2) is 0 Å². The molecule has 2 aliphatic carbocycles. The second-order valence-corrected chi connectivity index (χ2v) is 9.35. The van der Waals surface area contributed by atoms with Gasteiger partial charge in [-0.2, -0.15) is 5.26 Å². The predicted molar refractivity (Wildman–Crippen MR) is 114 cm³/mol. The van der Waals surface area contributed by atoms with Crippen LogP contribution < -0.4 is 5.32 Å². The topological polar surface area (TPSA) is 35.8 Å². The summed E-state index contributed by atoms with van der Waals surface area (Å²) in [6.07, 6.45) is 12.4. The van der Waals surface area contributed by atoms with Crippen LogP contribution in [0.15, 0.2) is 35.9 Å². The third-order valence-electron chi connectivity index (χ3n) is 6.60. The van der Waals surface area contributed by atoms with Gasteiger partial charge in [-0.3, -0.25) is 0 Å².